The molecule has 0 atom stereocenters. The number of rotatable bonds is 8. The Kier molecular flexibility index (Phi) is 6.62. The minimum atomic E-state index is -0.110. The number of aromatic nitrogens is 2. The minimum absolute atomic E-state index is 0.110. The third-order valence-corrected chi connectivity index (χ3v) is 5.45. The largest absolute Gasteiger partial charge is 0.496 e. The van der Waals surface area contributed by atoms with Crippen molar-refractivity contribution < 1.29 is 14.2 Å². The Morgan fingerprint density at radius 2 is 1.60 bits per heavy atom. The monoisotopic (exact) mass is 411 g/mol. The molecular formula is C23H29N3O4. The number of fused-ring (bicyclic) bond motifs is 1. The zero-order valence-electron chi connectivity index (χ0n) is 18.5. The number of pyridine rings is 2. The van der Waals surface area contributed by atoms with E-state index >= 15 is 0 Å². The summed E-state index contributed by atoms with van der Waals surface area (Å²) in [5, 5.41) is 1.30. The predicted molar refractivity (Wildman–Crippen MR) is 119 cm³/mol. The summed E-state index contributed by atoms with van der Waals surface area (Å²) in [5.41, 5.74) is 2.65. The molecule has 30 heavy (non-hydrogen) atoms. The van der Waals surface area contributed by atoms with Crippen LogP contribution < -0.4 is 19.8 Å². The lowest BCUT2D eigenvalue weighted by atomic mass is 9.98. The maximum atomic E-state index is 12.6. The van der Waals surface area contributed by atoms with Crippen molar-refractivity contribution in [1.82, 2.24) is 14.5 Å². The van der Waals surface area contributed by atoms with Gasteiger partial charge in [0, 0.05) is 43.0 Å². The molecule has 0 aliphatic heterocycles. The molecule has 0 unspecified atom stereocenters. The third kappa shape index (κ3) is 3.98. The van der Waals surface area contributed by atoms with E-state index in [-0.39, 0.29) is 5.56 Å². The third-order valence-electron chi connectivity index (χ3n) is 5.45. The zero-order chi connectivity index (χ0) is 21.8. The predicted octanol–water partition coefficient (Wildman–Crippen LogP) is 3.47. The highest BCUT2D eigenvalue weighted by Gasteiger charge is 2.18. The molecule has 0 aliphatic carbocycles. The van der Waals surface area contributed by atoms with E-state index < -0.39 is 0 Å². The highest BCUT2D eigenvalue weighted by atomic mass is 16.5. The molecule has 0 radical (unpaired) electrons. The SMILES string of the molecule is CCN(CC)Cc1c(OC)cc(-c2cn(C)c(=O)c3cnc(OC)cc23)cc1OC. The lowest BCUT2D eigenvalue weighted by molar-refractivity contribution is 0.281. The van der Waals surface area contributed by atoms with Crippen molar-refractivity contribution in [3.05, 3.63) is 46.5 Å². The first-order valence-corrected chi connectivity index (χ1v) is 9.98. The van der Waals surface area contributed by atoms with Crippen LogP contribution in [0.15, 0.2) is 35.4 Å². The molecule has 160 valence electrons. The molecule has 0 fully saturated rings. The summed E-state index contributed by atoms with van der Waals surface area (Å²) < 4.78 is 18.3. The number of aryl methyl sites for hydroxylation is 1. The van der Waals surface area contributed by atoms with Gasteiger partial charge in [0.05, 0.1) is 32.3 Å². The van der Waals surface area contributed by atoms with Gasteiger partial charge in [0.25, 0.3) is 5.56 Å². The Morgan fingerprint density at radius 1 is 0.967 bits per heavy atom. The summed E-state index contributed by atoms with van der Waals surface area (Å²) >= 11 is 0. The Bertz CT molecular complexity index is 1080. The van der Waals surface area contributed by atoms with Gasteiger partial charge in [-0.1, -0.05) is 13.8 Å². The summed E-state index contributed by atoms with van der Waals surface area (Å²) in [7, 11) is 6.62. The van der Waals surface area contributed by atoms with Crippen molar-refractivity contribution in [3.8, 4) is 28.5 Å². The Labute approximate surface area is 176 Å². The number of hydrogen-bond donors (Lipinski definition) is 0. The average molecular weight is 412 g/mol. The number of hydrogen-bond acceptors (Lipinski definition) is 6. The maximum Gasteiger partial charge on any atom is 0.259 e. The molecule has 2 heterocycles. The molecule has 0 spiro atoms. The van der Waals surface area contributed by atoms with E-state index in [2.05, 4.69) is 23.7 Å². The first-order valence-electron chi connectivity index (χ1n) is 9.98. The molecule has 0 saturated heterocycles. The molecule has 7 nitrogen and oxygen atoms in total. The maximum absolute atomic E-state index is 12.6. The van der Waals surface area contributed by atoms with Gasteiger partial charge in [0.2, 0.25) is 5.88 Å². The van der Waals surface area contributed by atoms with E-state index in [1.807, 2.05) is 18.3 Å². The van der Waals surface area contributed by atoms with Crippen LogP contribution in [-0.4, -0.2) is 48.9 Å². The minimum Gasteiger partial charge on any atom is -0.496 e. The molecule has 3 aromatic rings. The highest BCUT2D eigenvalue weighted by molar-refractivity contribution is 5.96. The van der Waals surface area contributed by atoms with Gasteiger partial charge in [-0.05, 0) is 30.8 Å². The molecule has 0 aliphatic rings. The molecule has 0 saturated carbocycles. The van der Waals surface area contributed by atoms with Crippen LogP contribution in [0.2, 0.25) is 0 Å². The van der Waals surface area contributed by atoms with Crippen molar-refractivity contribution in [2.75, 3.05) is 34.4 Å². The molecular weight excluding hydrogens is 382 g/mol. The fourth-order valence-corrected chi connectivity index (χ4v) is 3.65. The summed E-state index contributed by atoms with van der Waals surface area (Å²) in [4.78, 5) is 19.1. The van der Waals surface area contributed by atoms with Crippen LogP contribution in [0.1, 0.15) is 19.4 Å². The normalized spacial score (nSPS) is 11.2. The molecule has 1 aromatic carbocycles. The standard InChI is InChI=1S/C23H29N3O4/c1-7-26(8-2)14-19-20(28-4)9-15(10-21(19)29-5)18-13-25(3)23(27)17-12-24-22(30-6)11-16(17)18/h9-13H,7-8,14H2,1-6H3. The van der Waals surface area contributed by atoms with Gasteiger partial charge >= 0.3 is 0 Å². The van der Waals surface area contributed by atoms with Crippen molar-refractivity contribution in [2.24, 2.45) is 7.05 Å². The molecule has 3 rings (SSSR count). The van der Waals surface area contributed by atoms with E-state index in [1.54, 1.807) is 45.2 Å². The molecule has 7 heteroatoms. The summed E-state index contributed by atoms with van der Waals surface area (Å²) in [6.45, 7) is 6.86. The second kappa shape index (κ2) is 9.17. The van der Waals surface area contributed by atoms with Crippen molar-refractivity contribution in [2.45, 2.75) is 20.4 Å². The van der Waals surface area contributed by atoms with E-state index in [4.69, 9.17) is 14.2 Å². The highest BCUT2D eigenvalue weighted by Crippen LogP contribution is 2.38. The van der Waals surface area contributed by atoms with E-state index in [9.17, 15) is 4.79 Å². The molecule has 0 bridgehead atoms. The van der Waals surface area contributed by atoms with Crippen LogP contribution >= 0.6 is 0 Å². The first kappa shape index (κ1) is 21.6. The van der Waals surface area contributed by atoms with E-state index in [1.165, 1.54) is 0 Å². The lowest BCUT2D eigenvalue weighted by Crippen LogP contribution is -2.23. The average Bonchev–Trinajstić information content (AvgIpc) is 2.78. The van der Waals surface area contributed by atoms with Crippen molar-refractivity contribution in [1.29, 1.82) is 0 Å². The smallest absolute Gasteiger partial charge is 0.259 e. The van der Waals surface area contributed by atoms with Crippen LogP contribution in [0.25, 0.3) is 21.9 Å². The zero-order valence-corrected chi connectivity index (χ0v) is 18.5. The van der Waals surface area contributed by atoms with Crippen LogP contribution in [0.3, 0.4) is 0 Å². The topological polar surface area (TPSA) is 65.8 Å². The van der Waals surface area contributed by atoms with Crippen LogP contribution in [0.5, 0.6) is 17.4 Å². The fourth-order valence-electron chi connectivity index (χ4n) is 3.65. The first-order chi connectivity index (χ1) is 14.5. The van der Waals surface area contributed by atoms with Gasteiger partial charge in [-0.3, -0.25) is 9.69 Å². The molecule has 0 amide bonds. The number of ether oxygens (including phenoxy) is 3. The Balaban J connectivity index is 2.27. The van der Waals surface area contributed by atoms with Crippen LogP contribution in [0.4, 0.5) is 0 Å². The van der Waals surface area contributed by atoms with E-state index in [0.29, 0.717) is 11.3 Å². The van der Waals surface area contributed by atoms with Gasteiger partial charge in [-0.2, -0.15) is 0 Å². The Morgan fingerprint density at radius 3 is 2.13 bits per heavy atom. The van der Waals surface area contributed by atoms with Gasteiger partial charge in [0.1, 0.15) is 11.5 Å². The van der Waals surface area contributed by atoms with Crippen LogP contribution in [-0.2, 0) is 13.6 Å². The molecule has 0 N–H and O–H groups in total. The van der Waals surface area contributed by atoms with E-state index in [0.717, 1.165) is 53.2 Å². The second-order valence-electron chi connectivity index (χ2n) is 7.05. The quantitative estimate of drug-likeness (QED) is 0.566. The summed E-state index contributed by atoms with van der Waals surface area (Å²) in [5.74, 6) is 1.95. The number of benzene rings is 1. The van der Waals surface area contributed by atoms with Crippen molar-refractivity contribution in [3.63, 3.8) is 0 Å². The Hall–Kier alpha value is -3.06. The number of nitrogens with zero attached hydrogens (tertiary/aromatic N) is 3. The number of methoxy groups -OCH3 is 3. The van der Waals surface area contributed by atoms with Gasteiger partial charge in [-0.25, -0.2) is 4.98 Å². The fraction of sp³-hybridized carbons (Fsp3) is 0.391. The van der Waals surface area contributed by atoms with Gasteiger partial charge in [0.15, 0.2) is 0 Å². The van der Waals surface area contributed by atoms with Crippen molar-refractivity contribution >= 4 is 10.8 Å². The second-order valence-corrected chi connectivity index (χ2v) is 7.05. The van der Waals surface area contributed by atoms with Gasteiger partial charge < -0.3 is 18.8 Å². The van der Waals surface area contributed by atoms with Crippen LogP contribution in [0, 0.1) is 0 Å². The molecule has 2 aromatic heterocycles. The lowest BCUT2D eigenvalue weighted by Gasteiger charge is -2.22. The van der Waals surface area contributed by atoms with Gasteiger partial charge in [-0.15, -0.1) is 0 Å². The summed E-state index contributed by atoms with van der Waals surface area (Å²) in [6, 6.07) is 5.77. The summed E-state index contributed by atoms with van der Waals surface area (Å²) in [6.07, 6.45) is 3.38.